The lowest BCUT2D eigenvalue weighted by molar-refractivity contribution is -0.137. The van der Waals surface area contributed by atoms with Gasteiger partial charge in [0, 0.05) is 49.7 Å². The number of rotatable bonds is 5. The maximum Gasteiger partial charge on any atom is 0.416 e. The Morgan fingerprint density at radius 1 is 1.19 bits per heavy atom. The van der Waals surface area contributed by atoms with E-state index in [4.69, 9.17) is 11.6 Å². The molecule has 0 aliphatic carbocycles. The normalized spacial score (nSPS) is 18.3. The van der Waals surface area contributed by atoms with E-state index in [0.29, 0.717) is 32.0 Å². The fourth-order valence-electron chi connectivity index (χ4n) is 4.22. The Balaban J connectivity index is 1.42. The van der Waals surface area contributed by atoms with Crippen LogP contribution in [0.4, 0.5) is 24.7 Å². The van der Waals surface area contributed by atoms with Crippen molar-refractivity contribution in [3.63, 3.8) is 0 Å². The highest BCUT2D eigenvalue weighted by atomic mass is 35.5. The van der Waals surface area contributed by atoms with E-state index in [9.17, 15) is 22.8 Å². The highest BCUT2D eigenvalue weighted by Crippen LogP contribution is 2.31. The number of allylic oxidation sites excluding steroid dienone is 1. The van der Waals surface area contributed by atoms with Crippen molar-refractivity contribution in [1.82, 2.24) is 20.3 Å². The van der Waals surface area contributed by atoms with Crippen molar-refractivity contribution in [3.05, 3.63) is 64.5 Å². The summed E-state index contributed by atoms with van der Waals surface area (Å²) in [6, 6.07) is 5.87. The van der Waals surface area contributed by atoms with Gasteiger partial charge in [0.1, 0.15) is 6.54 Å². The summed E-state index contributed by atoms with van der Waals surface area (Å²) in [4.78, 5) is 33.6. The lowest BCUT2D eigenvalue weighted by Crippen LogP contribution is -2.52. The first-order valence-electron chi connectivity index (χ1n) is 11.4. The monoisotopic (exact) mass is 522 g/mol. The van der Waals surface area contributed by atoms with Crippen LogP contribution in [-0.2, 0) is 11.0 Å². The number of halogens is 4. The molecule has 0 spiro atoms. The molecule has 8 nitrogen and oxygen atoms in total. The highest BCUT2D eigenvalue weighted by molar-refractivity contribution is 6.31. The van der Waals surface area contributed by atoms with Crippen LogP contribution in [0.2, 0.25) is 5.02 Å². The number of piperazine rings is 1. The van der Waals surface area contributed by atoms with Gasteiger partial charge in [-0.2, -0.15) is 13.2 Å². The van der Waals surface area contributed by atoms with E-state index in [1.165, 1.54) is 24.4 Å². The van der Waals surface area contributed by atoms with Crippen molar-refractivity contribution in [2.24, 2.45) is 0 Å². The van der Waals surface area contributed by atoms with Gasteiger partial charge in [-0.05, 0) is 44.2 Å². The Kier molecular flexibility index (Phi) is 7.41. The van der Waals surface area contributed by atoms with Crippen molar-refractivity contribution in [2.75, 3.05) is 42.9 Å². The smallest absolute Gasteiger partial charge is 0.351 e. The summed E-state index contributed by atoms with van der Waals surface area (Å²) in [5.74, 6) is -0.289. The largest absolute Gasteiger partial charge is 0.416 e. The molecular formula is C24H26ClF3N6O2. The predicted octanol–water partition coefficient (Wildman–Crippen LogP) is 3.77. The third-order valence-corrected chi connectivity index (χ3v) is 6.24. The Hall–Kier alpha value is -3.31. The average molecular weight is 523 g/mol. The Bertz CT molecular complexity index is 1180. The van der Waals surface area contributed by atoms with Gasteiger partial charge in [-0.3, -0.25) is 9.59 Å². The number of hydrogen-bond donors (Lipinski definition) is 2. The molecule has 1 aromatic heterocycles. The van der Waals surface area contributed by atoms with Crippen molar-refractivity contribution in [1.29, 1.82) is 0 Å². The molecule has 1 saturated heterocycles. The topological polar surface area (TPSA) is 80.8 Å². The summed E-state index contributed by atoms with van der Waals surface area (Å²) in [6.07, 6.45) is -1.08. The van der Waals surface area contributed by atoms with E-state index in [-0.39, 0.29) is 34.8 Å². The average Bonchev–Trinajstić information content (AvgIpc) is 3.15. The van der Waals surface area contributed by atoms with Crippen molar-refractivity contribution < 1.29 is 22.8 Å². The van der Waals surface area contributed by atoms with E-state index in [1.54, 1.807) is 4.90 Å². The number of hydrazine groups is 1. The number of carbonyl (C=O) groups is 2. The quantitative estimate of drug-likeness (QED) is 0.622. The van der Waals surface area contributed by atoms with E-state index in [1.807, 2.05) is 29.8 Å². The molecule has 0 bridgehead atoms. The summed E-state index contributed by atoms with van der Waals surface area (Å²) in [7, 11) is 0. The Morgan fingerprint density at radius 3 is 2.56 bits per heavy atom. The van der Waals surface area contributed by atoms with Crippen molar-refractivity contribution in [3.8, 4) is 0 Å². The molecule has 0 saturated carbocycles. The number of amides is 2. The number of aromatic nitrogens is 1. The molecule has 2 N–H and O–H groups in total. The van der Waals surface area contributed by atoms with Crippen LogP contribution in [0.1, 0.15) is 29.8 Å². The minimum Gasteiger partial charge on any atom is -0.351 e. The minimum absolute atomic E-state index is 0.00821. The molecule has 192 valence electrons. The summed E-state index contributed by atoms with van der Waals surface area (Å²) in [5.41, 5.74) is 3.45. The summed E-state index contributed by atoms with van der Waals surface area (Å²) in [6.45, 7) is 6.02. The second-order valence-corrected chi connectivity index (χ2v) is 9.17. The zero-order valence-electron chi connectivity index (χ0n) is 19.8. The number of nitrogens with zero attached hydrogens (tertiary/aromatic N) is 4. The van der Waals surface area contributed by atoms with Gasteiger partial charge in [-0.15, -0.1) is 0 Å². The minimum atomic E-state index is -4.56. The van der Waals surface area contributed by atoms with Crippen LogP contribution in [0.25, 0.3) is 0 Å². The van der Waals surface area contributed by atoms with Crippen molar-refractivity contribution >= 4 is 34.9 Å². The summed E-state index contributed by atoms with van der Waals surface area (Å²) < 4.78 is 39.2. The first-order chi connectivity index (χ1) is 17.0. The number of anilines is 2. The molecule has 1 aromatic carbocycles. The number of hydrogen-bond acceptors (Lipinski definition) is 6. The standard InChI is InChI=1S/C24H26ClF3N6O2/c1-15-10-16(2)34(31-15)14-21(35)32-6-8-33(9-7-32)22-20(12-19(25)13-29-22)30-23(36)17-4-3-5-18(11-17)24(26,27)28/h3-5,10-13,15,31H,6-9,14H2,1-2H3,(H,30,36). The van der Waals surface area contributed by atoms with Gasteiger partial charge in [0.05, 0.1) is 16.3 Å². The Morgan fingerprint density at radius 2 is 1.92 bits per heavy atom. The molecular weight excluding hydrogens is 497 g/mol. The molecule has 12 heteroatoms. The molecule has 4 rings (SSSR count). The van der Waals surface area contributed by atoms with Gasteiger partial charge in [-0.25, -0.2) is 10.4 Å². The van der Waals surface area contributed by atoms with Gasteiger partial charge in [-0.1, -0.05) is 17.7 Å². The molecule has 36 heavy (non-hydrogen) atoms. The number of alkyl halides is 3. The molecule has 0 radical (unpaired) electrons. The van der Waals surface area contributed by atoms with E-state index in [2.05, 4.69) is 15.7 Å². The lowest BCUT2D eigenvalue weighted by atomic mass is 10.1. The van der Waals surface area contributed by atoms with Crippen LogP contribution in [0.15, 0.2) is 48.3 Å². The van der Waals surface area contributed by atoms with Crippen LogP contribution in [0.3, 0.4) is 0 Å². The van der Waals surface area contributed by atoms with E-state index in [0.717, 1.165) is 17.8 Å². The summed E-state index contributed by atoms with van der Waals surface area (Å²) >= 11 is 6.09. The van der Waals surface area contributed by atoms with Gasteiger partial charge >= 0.3 is 6.18 Å². The third kappa shape index (κ3) is 5.90. The first kappa shape index (κ1) is 25.8. The number of carbonyl (C=O) groups excluding carboxylic acids is 2. The van der Waals surface area contributed by atoms with Gasteiger partial charge in [0.15, 0.2) is 5.82 Å². The second kappa shape index (κ2) is 10.4. The molecule has 2 aliphatic rings. The molecule has 1 unspecified atom stereocenters. The first-order valence-corrected chi connectivity index (χ1v) is 11.8. The van der Waals surface area contributed by atoms with Gasteiger partial charge in [0.25, 0.3) is 5.91 Å². The molecule has 2 aliphatic heterocycles. The Labute approximate surface area is 211 Å². The molecule has 2 aromatic rings. The SMILES string of the molecule is CC1=CC(C)NN1CC(=O)N1CCN(c2ncc(Cl)cc2NC(=O)c2cccc(C(F)(F)F)c2)CC1. The van der Waals surface area contributed by atoms with E-state index < -0.39 is 17.6 Å². The van der Waals surface area contributed by atoms with Gasteiger partial charge in [0.2, 0.25) is 5.91 Å². The van der Waals surface area contributed by atoms with Crippen LogP contribution < -0.4 is 15.6 Å². The fourth-order valence-corrected chi connectivity index (χ4v) is 4.38. The predicted molar refractivity (Wildman–Crippen MR) is 130 cm³/mol. The molecule has 2 amide bonds. The maximum atomic E-state index is 13.1. The zero-order chi connectivity index (χ0) is 26.0. The zero-order valence-corrected chi connectivity index (χ0v) is 20.5. The molecule has 1 atom stereocenters. The van der Waals surface area contributed by atoms with E-state index >= 15 is 0 Å². The van der Waals surface area contributed by atoms with Crippen LogP contribution in [-0.4, -0.2) is 65.5 Å². The lowest BCUT2D eigenvalue weighted by Gasteiger charge is -2.37. The highest BCUT2D eigenvalue weighted by Gasteiger charge is 2.31. The summed E-state index contributed by atoms with van der Waals surface area (Å²) in [5, 5.41) is 4.74. The number of pyridine rings is 1. The van der Waals surface area contributed by atoms with Gasteiger partial charge < -0.3 is 20.1 Å². The van der Waals surface area contributed by atoms with Crippen LogP contribution in [0.5, 0.6) is 0 Å². The number of nitrogens with one attached hydrogen (secondary N) is 2. The third-order valence-electron chi connectivity index (χ3n) is 6.04. The molecule has 1 fully saturated rings. The fraction of sp³-hybridized carbons (Fsp3) is 0.375. The van der Waals surface area contributed by atoms with Crippen LogP contribution in [0, 0.1) is 0 Å². The maximum absolute atomic E-state index is 13.1. The molecule has 3 heterocycles. The second-order valence-electron chi connectivity index (χ2n) is 8.74. The van der Waals surface area contributed by atoms with Crippen molar-refractivity contribution in [2.45, 2.75) is 26.1 Å². The van der Waals surface area contributed by atoms with Crippen LogP contribution >= 0.6 is 11.6 Å². The number of benzene rings is 1.